The topological polar surface area (TPSA) is 99.5 Å². The summed E-state index contributed by atoms with van der Waals surface area (Å²) in [6, 6.07) is 13.4. The monoisotopic (exact) mass is 356 g/mol. The molecule has 3 N–H and O–H groups in total. The molecule has 1 aromatic heterocycles. The van der Waals surface area contributed by atoms with E-state index in [4.69, 9.17) is 0 Å². The molecule has 0 aliphatic carbocycles. The van der Waals surface area contributed by atoms with Gasteiger partial charge in [-0.15, -0.1) is 0 Å². The Labute approximate surface area is 152 Å². The highest BCUT2D eigenvalue weighted by Crippen LogP contribution is 2.09. The molecule has 1 heterocycles. The van der Waals surface area contributed by atoms with Gasteiger partial charge in [0.2, 0.25) is 0 Å². The zero-order valence-electron chi connectivity index (χ0n) is 14.5. The Morgan fingerprint density at radius 1 is 0.885 bits per heavy atom. The van der Waals surface area contributed by atoms with Crippen molar-refractivity contribution in [3.05, 3.63) is 66.0 Å². The fraction of sp³-hybridized carbons (Fsp3) is 0.350. The highest BCUT2D eigenvalue weighted by molar-refractivity contribution is 5.77. The summed E-state index contributed by atoms with van der Waals surface area (Å²) in [7, 11) is 0. The van der Waals surface area contributed by atoms with Crippen LogP contribution in [-0.2, 0) is 22.4 Å². The maximum Gasteiger partial charge on any atom is 0.320 e. The number of nitrogens with zero attached hydrogens (tertiary/aromatic N) is 1. The quantitative estimate of drug-likeness (QED) is 0.572. The molecule has 0 aliphatic rings. The molecule has 6 heteroatoms. The first-order valence-electron chi connectivity index (χ1n) is 8.71. The molecule has 1 aromatic carbocycles. The van der Waals surface area contributed by atoms with Gasteiger partial charge in [0.1, 0.15) is 12.1 Å². The lowest BCUT2D eigenvalue weighted by Gasteiger charge is -2.20. The highest BCUT2D eigenvalue weighted by Gasteiger charge is 2.25. The number of aliphatic carboxylic acids is 2. The maximum absolute atomic E-state index is 11.5. The van der Waals surface area contributed by atoms with E-state index in [1.54, 1.807) is 6.20 Å². The van der Waals surface area contributed by atoms with Gasteiger partial charge in [0.25, 0.3) is 0 Å². The highest BCUT2D eigenvalue weighted by atomic mass is 16.4. The zero-order chi connectivity index (χ0) is 18.8. The van der Waals surface area contributed by atoms with E-state index >= 15 is 0 Å². The lowest BCUT2D eigenvalue weighted by molar-refractivity contribution is -0.142. The molecule has 0 amide bonds. The molecule has 2 aromatic rings. The summed E-state index contributed by atoms with van der Waals surface area (Å²) in [5, 5.41) is 21.6. The molecule has 0 bridgehead atoms. The fourth-order valence-corrected chi connectivity index (χ4v) is 2.79. The van der Waals surface area contributed by atoms with Crippen molar-refractivity contribution in [1.82, 2.24) is 10.3 Å². The zero-order valence-corrected chi connectivity index (χ0v) is 14.5. The number of rotatable bonds is 11. The van der Waals surface area contributed by atoms with Crippen molar-refractivity contribution in [3.8, 4) is 0 Å². The predicted molar refractivity (Wildman–Crippen MR) is 97.9 cm³/mol. The number of carboxylic acids is 2. The molecule has 0 saturated heterocycles. The summed E-state index contributed by atoms with van der Waals surface area (Å²) in [4.78, 5) is 27.2. The number of pyridine rings is 1. The largest absolute Gasteiger partial charge is 0.480 e. The van der Waals surface area contributed by atoms with E-state index in [-0.39, 0.29) is 0 Å². The summed E-state index contributed by atoms with van der Waals surface area (Å²) < 4.78 is 0. The number of benzene rings is 1. The van der Waals surface area contributed by atoms with Crippen molar-refractivity contribution < 1.29 is 19.8 Å². The molecule has 26 heavy (non-hydrogen) atoms. The van der Waals surface area contributed by atoms with Crippen molar-refractivity contribution in [3.63, 3.8) is 0 Å². The van der Waals surface area contributed by atoms with Gasteiger partial charge in [-0.1, -0.05) is 36.4 Å². The summed E-state index contributed by atoms with van der Waals surface area (Å²) in [6.45, 7) is 0. The average molecular weight is 356 g/mol. The summed E-state index contributed by atoms with van der Waals surface area (Å²) in [6.07, 6.45) is 4.24. The molecule has 0 radical (unpaired) electrons. The Morgan fingerprint density at radius 3 is 2.15 bits per heavy atom. The van der Waals surface area contributed by atoms with Gasteiger partial charge >= 0.3 is 11.9 Å². The Hall–Kier alpha value is -2.73. The molecule has 0 aliphatic heterocycles. The molecule has 2 atom stereocenters. The SMILES string of the molecule is O=C(O)[C@H](CCCc1ccccn1)N[C@H](CCc1ccccc1)C(=O)O. The predicted octanol–water partition coefficient (Wildman–Crippen LogP) is 2.53. The summed E-state index contributed by atoms with van der Waals surface area (Å²) >= 11 is 0. The van der Waals surface area contributed by atoms with E-state index in [1.807, 2.05) is 48.5 Å². The van der Waals surface area contributed by atoms with Gasteiger partial charge in [-0.05, 0) is 49.8 Å². The van der Waals surface area contributed by atoms with Crippen LogP contribution < -0.4 is 5.32 Å². The van der Waals surface area contributed by atoms with E-state index in [0.717, 1.165) is 11.3 Å². The first-order valence-corrected chi connectivity index (χ1v) is 8.71. The van der Waals surface area contributed by atoms with Crippen LogP contribution in [0.1, 0.15) is 30.5 Å². The van der Waals surface area contributed by atoms with Crippen LogP contribution in [0, 0.1) is 0 Å². The van der Waals surface area contributed by atoms with Crippen LogP contribution in [0.2, 0.25) is 0 Å². The third-order valence-electron chi connectivity index (χ3n) is 4.21. The van der Waals surface area contributed by atoms with Gasteiger partial charge in [0, 0.05) is 11.9 Å². The van der Waals surface area contributed by atoms with Gasteiger partial charge < -0.3 is 10.2 Å². The molecule has 0 unspecified atom stereocenters. The molecule has 0 saturated carbocycles. The molecule has 138 valence electrons. The van der Waals surface area contributed by atoms with Crippen LogP contribution in [0.5, 0.6) is 0 Å². The van der Waals surface area contributed by atoms with Crippen LogP contribution in [-0.4, -0.2) is 39.2 Å². The van der Waals surface area contributed by atoms with E-state index in [0.29, 0.717) is 32.1 Å². The number of nitrogens with one attached hydrogen (secondary N) is 1. The van der Waals surface area contributed by atoms with Gasteiger partial charge in [-0.2, -0.15) is 0 Å². The second-order valence-corrected chi connectivity index (χ2v) is 6.19. The lowest BCUT2D eigenvalue weighted by Crippen LogP contribution is -2.47. The average Bonchev–Trinajstić information content (AvgIpc) is 2.65. The Bertz CT molecular complexity index is 691. The van der Waals surface area contributed by atoms with E-state index in [9.17, 15) is 19.8 Å². The van der Waals surface area contributed by atoms with Crippen LogP contribution in [0.4, 0.5) is 0 Å². The Morgan fingerprint density at radius 2 is 1.54 bits per heavy atom. The third-order valence-corrected chi connectivity index (χ3v) is 4.21. The Kier molecular flexibility index (Phi) is 7.76. The minimum atomic E-state index is -1.03. The second kappa shape index (κ2) is 10.3. The summed E-state index contributed by atoms with van der Waals surface area (Å²) in [5.41, 5.74) is 1.93. The van der Waals surface area contributed by atoms with Crippen molar-refractivity contribution >= 4 is 11.9 Å². The molecule has 2 rings (SSSR count). The van der Waals surface area contributed by atoms with Gasteiger partial charge in [0.15, 0.2) is 0 Å². The number of hydrogen-bond acceptors (Lipinski definition) is 4. The molecular formula is C20H24N2O4. The molecular weight excluding hydrogens is 332 g/mol. The number of aromatic nitrogens is 1. The van der Waals surface area contributed by atoms with Crippen molar-refractivity contribution in [2.24, 2.45) is 0 Å². The lowest BCUT2D eigenvalue weighted by atomic mass is 10.0. The van der Waals surface area contributed by atoms with Crippen LogP contribution >= 0.6 is 0 Å². The van der Waals surface area contributed by atoms with Gasteiger partial charge in [0.05, 0.1) is 0 Å². The molecule has 0 spiro atoms. The smallest absolute Gasteiger partial charge is 0.320 e. The number of carbonyl (C=O) groups is 2. The minimum Gasteiger partial charge on any atom is -0.480 e. The summed E-state index contributed by atoms with van der Waals surface area (Å²) in [5.74, 6) is -2.06. The number of carboxylic acid groups (broad SMARTS) is 2. The first-order chi connectivity index (χ1) is 12.6. The number of aryl methyl sites for hydroxylation is 2. The van der Waals surface area contributed by atoms with Crippen LogP contribution in [0.25, 0.3) is 0 Å². The van der Waals surface area contributed by atoms with E-state index in [2.05, 4.69) is 10.3 Å². The minimum absolute atomic E-state index is 0.337. The Balaban J connectivity index is 1.87. The third kappa shape index (κ3) is 6.64. The van der Waals surface area contributed by atoms with Crippen molar-refractivity contribution in [2.75, 3.05) is 0 Å². The van der Waals surface area contributed by atoms with Gasteiger partial charge in [-0.25, -0.2) is 0 Å². The second-order valence-electron chi connectivity index (χ2n) is 6.19. The van der Waals surface area contributed by atoms with Crippen LogP contribution in [0.3, 0.4) is 0 Å². The molecule has 6 nitrogen and oxygen atoms in total. The number of hydrogen-bond donors (Lipinski definition) is 3. The normalized spacial score (nSPS) is 13.1. The van der Waals surface area contributed by atoms with Gasteiger partial charge in [-0.3, -0.25) is 19.9 Å². The first kappa shape index (κ1) is 19.6. The standard InChI is InChI=1S/C20H24N2O4/c23-19(24)17(11-6-10-16-9-4-5-14-21-16)22-18(20(25)26)13-12-15-7-2-1-3-8-15/h1-5,7-9,14,17-18,22H,6,10-13H2,(H,23,24)(H,25,26)/t17-,18+/m0/s1. The molecule has 0 fully saturated rings. The van der Waals surface area contributed by atoms with Crippen molar-refractivity contribution in [2.45, 2.75) is 44.2 Å². The van der Waals surface area contributed by atoms with E-state index in [1.165, 1.54) is 0 Å². The maximum atomic E-state index is 11.5. The fourth-order valence-electron chi connectivity index (χ4n) is 2.79. The van der Waals surface area contributed by atoms with Crippen molar-refractivity contribution in [1.29, 1.82) is 0 Å². The van der Waals surface area contributed by atoms with E-state index < -0.39 is 24.0 Å². The van der Waals surface area contributed by atoms with Crippen LogP contribution in [0.15, 0.2) is 54.7 Å².